The number of ether oxygens (including phenoxy) is 1. The van der Waals surface area contributed by atoms with Gasteiger partial charge in [-0.15, -0.1) is 0 Å². The Bertz CT molecular complexity index is 475. The van der Waals surface area contributed by atoms with Crippen molar-refractivity contribution in [2.45, 2.75) is 25.0 Å². The van der Waals surface area contributed by atoms with E-state index in [9.17, 15) is 9.59 Å². The fourth-order valence-corrected chi connectivity index (χ4v) is 3.15. The number of carboxylic acid groups (broad SMARTS) is 1. The van der Waals surface area contributed by atoms with Gasteiger partial charge in [0.1, 0.15) is 5.76 Å². The zero-order valence-corrected chi connectivity index (χ0v) is 11.5. The van der Waals surface area contributed by atoms with Crippen LogP contribution in [0.4, 0.5) is 0 Å². The highest BCUT2D eigenvalue weighted by Crippen LogP contribution is 2.51. The van der Waals surface area contributed by atoms with Gasteiger partial charge in [0.15, 0.2) is 0 Å². The lowest BCUT2D eigenvalue weighted by Crippen LogP contribution is -2.13. The highest BCUT2D eigenvalue weighted by Gasteiger charge is 2.44. The standard InChI is InChI=1S/C13H16O5S/c1-17-11(14)6-13(4-5-13)8-19-7-9-2-3-10(18-9)12(15)16/h2-3H,4-8H2,1H3,(H,15,16). The summed E-state index contributed by atoms with van der Waals surface area (Å²) in [6, 6.07) is 3.13. The van der Waals surface area contributed by atoms with E-state index in [1.165, 1.54) is 13.2 Å². The fourth-order valence-electron chi connectivity index (χ4n) is 1.87. The summed E-state index contributed by atoms with van der Waals surface area (Å²) in [6.45, 7) is 0. The largest absolute Gasteiger partial charge is 0.475 e. The molecule has 6 heteroatoms. The third-order valence-electron chi connectivity index (χ3n) is 3.23. The predicted octanol–water partition coefficient (Wildman–Crippen LogP) is 2.55. The first-order chi connectivity index (χ1) is 9.04. The second kappa shape index (κ2) is 5.69. The number of hydrogen-bond acceptors (Lipinski definition) is 5. The molecule has 1 aliphatic rings. The van der Waals surface area contributed by atoms with Crippen molar-refractivity contribution in [3.8, 4) is 0 Å². The Morgan fingerprint density at radius 1 is 1.47 bits per heavy atom. The molecule has 2 rings (SSSR count). The summed E-state index contributed by atoms with van der Waals surface area (Å²) >= 11 is 1.66. The summed E-state index contributed by atoms with van der Waals surface area (Å²) in [7, 11) is 1.40. The number of carbonyl (C=O) groups is 2. The van der Waals surface area contributed by atoms with Crippen LogP contribution in [-0.2, 0) is 15.3 Å². The Kier molecular flexibility index (Phi) is 4.19. The molecular formula is C13H16O5S. The molecule has 1 fully saturated rings. The summed E-state index contributed by atoms with van der Waals surface area (Å²) in [5, 5.41) is 8.74. The van der Waals surface area contributed by atoms with E-state index in [0.29, 0.717) is 17.9 Å². The zero-order valence-electron chi connectivity index (χ0n) is 10.7. The van der Waals surface area contributed by atoms with E-state index in [4.69, 9.17) is 9.52 Å². The first-order valence-electron chi connectivity index (χ1n) is 6.01. The van der Waals surface area contributed by atoms with E-state index in [0.717, 1.165) is 18.6 Å². The molecule has 1 aromatic heterocycles. The van der Waals surface area contributed by atoms with Crippen LogP contribution in [0.15, 0.2) is 16.5 Å². The third-order valence-corrected chi connectivity index (χ3v) is 4.53. The summed E-state index contributed by atoms with van der Waals surface area (Å²) in [5.74, 6) is 0.883. The van der Waals surface area contributed by atoms with E-state index < -0.39 is 5.97 Å². The van der Waals surface area contributed by atoms with E-state index in [-0.39, 0.29) is 17.1 Å². The van der Waals surface area contributed by atoms with E-state index in [1.807, 2.05) is 0 Å². The normalized spacial score (nSPS) is 16.1. The van der Waals surface area contributed by atoms with Gasteiger partial charge in [0.05, 0.1) is 19.3 Å². The molecule has 19 heavy (non-hydrogen) atoms. The maximum Gasteiger partial charge on any atom is 0.371 e. The van der Waals surface area contributed by atoms with Gasteiger partial charge >= 0.3 is 11.9 Å². The number of hydrogen-bond donors (Lipinski definition) is 1. The Labute approximate surface area is 115 Å². The third kappa shape index (κ3) is 3.76. The van der Waals surface area contributed by atoms with Crippen LogP contribution in [0.5, 0.6) is 0 Å². The average Bonchev–Trinajstić information content (AvgIpc) is 2.95. The van der Waals surface area contributed by atoms with Crippen molar-refractivity contribution in [3.63, 3.8) is 0 Å². The zero-order chi connectivity index (χ0) is 13.9. The van der Waals surface area contributed by atoms with Gasteiger partial charge in [0, 0.05) is 0 Å². The monoisotopic (exact) mass is 284 g/mol. The molecule has 104 valence electrons. The van der Waals surface area contributed by atoms with E-state index >= 15 is 0 Å². The molecule has 0 unspecified atom stereocenters. The predicted molar refractivity (Wildman–Crippen MR) is 70.1 cm³/mol. The minimum absolute atomic E-state index is 0.0358. The fraction of sp³-hybridized carbons (Fsp3) is 0.538. The van der Waals surface area contributed by atoms with E-state index in [1.54, 1.807) is 17.8 Å². The molecule has 0 aliphatic heterocycles. The van der Waals surface area contributed by atoms with Gasteiger partial charge in [0.25, 0.3) is 0 Å². The summed E-state index contributed by atoms with van der Waals surface area (Å²) in [6.07, 6.45) is 2.57. The van der Waals surface area contributed by atoms with Crippen LogP contribution in [0.25, 0.3) is 0 Å². The van der Waals surface area contributed by atoms with Crippen molar-refractivity contribution in [1.29, 1.82) is 0 Å². The average molecular weight is 284 g/mol. The molecule has 0 bridgehead atoms. The van der Waals surface area contributed by atoms with Gasteiger partial charge in [-0.25, -0.2) is 4.79 Å². The van der Waals surface area contributed by atoms with Crippen molar-refractivity contribution < 1.29 is 23.8 Å². The number of furan rings is 1. The molecule has 1 N–H and O–H groups in total. The molecule has 0 spiro atoms. The van der Waals surface area contributed by atoms with Crippen molar-refractivity contribution in [1.82, 2.24) is 0 Å². The quantitative estimate of drug-likeness (QED) is 0.775. The number of aromatic carboxylic acids is 1. The Morgan fingerprint density at radius 3 is 2.74 bits per heavy atom. The highest BCUT2D eigenvalue weighted by atomic mass is 32.2. The Balaban J connectivity index is 1.77. The lowest BCUT2D eigenvalue weighted by molar-refractivity contribution is -0.141. The molecule has 0 amide bonds. The van der Waals surface area contributed by atoms with Crippen molar-refractivity contribution in [2.24, 2.45) is 5.41 Å². The van der Waals surface area contributed by atoms with Crippen LogP contribution in [0, 0.1) is 5.41 Å². The lowest BCUT2D eigenvalue weighted by atomic mass is 10.1. The van der Waals surface area contributed by atoms with Crippen molar-refractivity contribution in [3.05, 3.63) is 23.7 Å². The SMILES string of the molecule is COC(=O)CC1(CSCc2ccc(C(=O)O)o2)CC1. The molecule has 1 saturated carbocycles. The molecule has 0 aromatic carbocycles. The summed E-state index contributed by atoms with van der Waals surface area (Å²) in [5.41, 5.74) is 0.0833. The summed E-state index contributed by atoms with van der Waals surface area (Å²) in [4.78, 5) is 21.9. The van der Waals surface area contributed by atoms with Crippen molar-refractivity contribution >= 4 is 23.7 Å². The Morgan fingerprint density at radius 2 is 2.21 bits per heavy atom. The first kappa shape index (κ1) is 14.0. The minimum Gasteiger partial charge on any atom is -0.475 e. The second-order valence-corrected chi connectivity index (χ2v) is 5.80. The van der Waals surface area contributed by atoms with Crippen LogP contribution in [-0.4, -0.2) is 29.9 Å². The smallest absolute Gasteiger partial charge is 0.371 e. The van der Waals surface area contributed by atoms with Gasteiger partial charge < -0.3 is 14.3 Å². The highest BCUT2D eigenvalue weighted by molar-refractivity contribution is 7.98. The van der Waals surface area contributed by atoms with Gasteiger partial charge in [0.2, 0.25) is 5.76 Å². The van der Waals surface area contributed by atoms with Gasteiger partial charge in [-0.1, -0.05) is 0 Å². The van der Waals surface area contributed by atoms with Crippen LogP contribution in [0.3, 0.4) is 0 Å². The van der Waals surface area contributed by atoms with Crippen molar-refractivity contribution in [2.75, 3.05) is 12.9 Å². The number of carbonyl (C=O) groups excluding carboxylic acids is 1. The maximum atomic E-state index is 11.3. The number of esters is 1. The number of carboxylic acids is 1. The minimum atomic E-state index is -1.05. The molecule has 1 aliphatic carbocycles. The Hall–Kier alpha value is -1.43. The van der Waals surface area contributed by atoms with Crippen LogP contribution in [0.2, 0.25) is 0 Å². The second-order valence-electron chi connectivity index (χ2n) is 4.82. The van der Waals surface area contributed by atoms with Gasteiger partial charge in [-0.05, 0) is 36.1 Å². The van der Waals surface area contributed by atoms with Crippen LogP contribution >= 0.6 is 11.8 Å². The molecule has 0 atom stereocenters. The van der Waals surface area contributed by atoms with Gasteiger partial charge in [-0.2, -0.15) is 11.8 Å². The lowest BCUT2D eigenvalue weighted by Gasteiger charge is -2.12. The van der Waals surface area contributed by atoms with Crippen LogP contribution in [0.1, 0.15) is 35.6 Å². The van der Waals surface area contributed by atoms with Crippen LogP contribution < -0.4 is 0 Å². The first-order valence-corrected chi connectivity index (χ1v) is 7.17. The molecule has 5 nitrogen and oxygen atoms in total. The molecule has 0 radical (unpaired) electrons. The summed E-state index contributed by atoms with van der Waals surface area (Å²) < 4.78 is 9.86. The van der Waals surface area contributed by atoms with E-state index in [2.05, 4.69) is 4.74 Å². The number of thioether (sulfide) groups is 1. The topological polar surface area (TPSA) is 76.7 Å². The molecular weight excluding hydrogens is 268 g/mol. The molecule has 1 heterocycles. The maximum absolute atomic E-state index is 11.3. The van der Waals surface area contributed by atoms with Gasteiger partial charge in [-0.3, -0.25) is 4.79 Å². The molecule has 1 aromatic rings. The number of rotatable bonds is 7. The molecule has 0 saturated heterocycles. The number of methoxy groups -OCH3 is 1.